The monoisotopic (exact) mass is 501 g/mol. The zero-order valence-electron chi connectivity index (χ0n) is 20.1. The summed E-state index contributed by atoms with van der Waals surface area (Å²) in [5.41, 5.74) is 7.30. The Kier molecular flexibility index (Phi) is 6.31. The van der Waals surface area contributed by atoms with Crippen LogP contribution in [0.15, 0.2) is 67.5 Å². The van der Waals surface area contributed by atoms with Crippen molar-refractivity contribution in [3.8, 4) is 28.5 Å². The average Bonchev–Trinajstić information content (AvgIpc) is 3.55. The van der Waals surface area contributed by atoms with Crippen LogP contribution in [0.2, 0.25) is 0 Å². The molecule has 1 saturated heterocycles. The first-order chi connectivity index (χ1) is 17.9. The number of nitrogens with two attached hydrogens (primary N) is 1. The highest BCUT2D eigenvalue weighted by molar-refractivity contribution is 6.01. The van der Waals surface area contributed by atoms with Crippen molar-refractivity contribution in [1.82, 2.24) is 19.3 Å². The van der Waals surface area contributed by atoms with Gasteiger partial charge in [-0.2, -0.15) is 4.39 Å². The summed E-state index contributed by atoms with van der Waals surface area (Å²) < 4.78 is 27.0. The number of halogens is 1. The number of rotatable bonds is 7. The van der Waals surface area contributed by atoms with Gasteiger partial charge in [0.2, 0.25) is 11.7 Å². The number of carbonyl (C=O) groups is 2. The minimum atomic E-state index is -0.697. The largest absolute Gasteiger partial charge is 0.494 e. The molecule has 1 atom stereocenters. The summed E-state index contributed by atoms with van der Waals surface area (Å²) in [5, 5.41) is 0. The first-order valence-corrected chi connectivity index (χ1v) is 11.6. The van der Waals surface area contributed by atoms with Crippen molar-refractivity contribution in [2.24, 2.45) is 5.73 Å². The number of hydrogen-bond acceptors (Lipinski definition) is 6. The number of primary amides is 1. The number of ether oxygens (including phenoxy) is 2. The number of benzene rings is 2. The number of likely N-dealkylation sites (tertiary alicyclic amines) is 1. The Labute approximate surface area is 212 Å². The first-order valence-electron chi connectivity index (χ1n) is 11.6. The molecular formula is C27H24FN5O4. The number of fused-ring (bicyclic) bond motifs is 1. The maximum absolute atomic E-state index is 14.5. The SMILES string of the molecule is C=CC(=O)N1CCCC1c1nc(-c2ccc(Oc3cccc(OC)c3F)cc2)c2c(C(N)=O)nccn12. The number of hydrogen-bond donors (Lipinski definition) is 1. The highest BCUT2D eigenvalue weighted by Gasteiger charge is 2.33. The lowest BCUT2D eigenvalue weighted by atomic mass is 10.1. The van der Waals surface area contributed by atoms with Crippen LogP contribution in [-0.4, -0.2) is 44.7 Å². The molecule has 1 aliphatic heterocycles. The third-order valence-electron chi connectivity index (χ3n) is 6.33. The molecule has 0 saturated carbocycles. The number of imidazole rings is 1. The predicted molar refractivity (Wildman–Crippen MR) is 134 cm³/mol. The van der Waals surface area contributed by atoms with Crippen molar-refractivity contribution >= 4 is 17.3 Å². The van der Waals surface area contributed by atoms with Crippen LogP contribution in [0.3, 0.4) is 0 Å². The van der Waals surface area contributed by atoms with E-state index in [0.717, 1.165) is 6.42 Å². The number of carbonyl (C=O) groups excluding carboxylic acids is 2. The molecule has 0 bridgehead atoms. The molecule has 3 heterocycles. The van der Waals surface area contributed by atoms with E-state index in [1.165, 1.54) is 31.5 Å². The summed E-state index contributed by atoms with van der Waals surface area (Å²) in [5.74, 6) is -0.392. The molecule has 2 aromatic carbocycles. The van der Waals surface area contributed by atoms with E-state index in [-0.39, 0.29) is 29.1 Å². The number of methoxy groups -OCH3 is 1. The molecule has 0 spiro atoms. The molecule has 4 aromatic rings. The van der Waals surface area contributed by atoms with Crippen molar-refractivity contribution < 1.29 is 23.5 Å². The third kappa shape index (κ3) is 4.26. The molecule has 1 unspecified atom stereocenters. The Morgan fingerprint density at radius 3 is 2.65 bits per heavy atom. The molecule has 2 N–H and O–H groups in total. The molecule has 0 radical (unpaired) electrons. The van der Waals surface area contributed by atoms with Crippen LogP contribution in [0.4, 0.5) is 4.39 Å². The molecule has 9 nitrogen and oxygen atoms in total. The fourth-order valence-electron chi connectivity index (χ4n) is 4.63. The topological polar surface area (TPSA) is 112 Å². The Balaban J connectivity index is 1.57. The molecular weight excluding hydrogens is 477 g/mol. The second-order valence-corrected chi connectivity index (χ2v) is 8.47. The van der Waals surface area contributed by atoms with Crippen LogP contribution in [-0.2, 0) is 4.79 Å². The van der Waals surface area contributed by atoms with Gasteiger partial charge in [0, 0.05) is 24.5 Å². The van der Waals surface area contributed by atoms with Gasteiger partial charge in [-0.15, -0.1) is 0 Å². The van der Waals surface area contributed by atoms with Crippen LogP contribution in [0.25, 0.3) is 16.8 Å². The molecule has 5 rings (SSSR count). The molecule has 1 aliphatic rings. The zero-order chi connectivity index (χ0) is 26.1. The smallest absolute Gasteiger partial charge is 0.269 e. The maximum atomic E-state index is 14.5. The minimum Gasteiger partial charge on any atom is -0.494 e. The second kappa shape index (κ2) is 9.73. The van der Waals surface area contributed by atoms with Crippen molar-refractivity contribution in [3.63, 3.8) is 0 Å². The van der Waals surface area contributed by atoms with Crippen LogP contribution in [0.1, 0.15) is 35.2 Å². The summed E-state index contributed by atoms with van der Waals surface area (Å²) in [4.78, 5) is 35.5. The quantitative estimate of drug-likeness (QED) is 0.378. The molecule has 2 amide bonds. The summed E-state index contributed by atoms with van der Waals surface area (Å²) in [6, 6.07) is 11.2. The van der Waals surface area contributed by atoms with Gasteiger partial charge in [-0.1, -0.05) is 12.6 Å². The van der Waals surface area contributed by atoms with E-state index < -0.39 is 11.7 Å². The molecule has 188 valence electrons. The molecule has 1 fully saturated rings. The van der Waals surface area contributed by atoms with Crippen molar-refractivity contribution in [2.45, 2.75) is 18.9 Å². The summed E-state index contributed by atoms with van der Waals surface area (Å²) in [7, 11) is 1.38. The summed E-state index contributed by atoms with van der Waals surface area (Å²) >= 11 is 0. The van der Waals surface area contributed by atoms with Gasteiger partial charge in [0.25, 0.3) is 5.91 Å². The number of amides is 2. The Morgan fingerprint density at radius 1 is 1.19 bits per heavy atom. The minimum absolute atomic E-state index is 0.0234. The molecule has 37 heavy (non-hydrogen) atoms. The molecule has 2 aromatic heterocycles. The van der Waals surface area contributed by atoms with E-state index in [1.807, 2.05) is 0 Å². The Hall–Kier alpha value is -4.73. The van der Waals surface area contributed by atoms with Crippen molar-refractivity contribution in [1.29, 1.82) is 0 Å². The van der Waals surface area contributed by atoms with E-state index in [2.05, 4.69) is 11.6 Å². The van der Waals surface area contributed by atoms with Gasteiger partial charge in [0.15, 0.2) is 17.2 Å². The van der Waals surface area contributed by atoms with Crippen LogP contribution < -0.4 is 15.2 Å². The van der Waals surface area contributed by atoms with E-state index in [9.17, 15) is 14.0 Å². The number of nitrogens with zero attached hydrogens (tertiary/aromatic N) is 4. The third-order valence-corrected chi connectivity index (χ3v) is 6.33. The van der Waals surface area contributed by atoms with Gasteiger partial charge in [0.1, 0.15) is 17.1 Å². The van der Waals surface area contributed by atoms with Crippen molar-refractivity contribution in [3.05, 3.63) is 84.8 Å². The van der Waals surface area contributed by atoms with E-state index in [4.69, 9.17) is 20.2 Å². The van der Waals surface area contributed by atoms with Crippen LogP contribution >= 0.6 is 0 Å². The fourth-order valence-corrected chi connectivity index (χ4v) is 4.63. The van der Waals surface area contributed by atoms with Gasteiger partial charge >= 0.3 is 0 Å². The van der Waals surface area contributed by atoms with E-state index >= 15 is 0 Å². The molecule has 10 heteroatoms. The lowest BCUT2D eigenvalue weighted by Crippen LogP contribution is -2.30. The lowest BCUT2D eigenvalue weighted by Gasteiger charge is -2.22. The van der Waals surface area contributed by atoms with Gasteiger partial charge in [-0.05, 0) is 55.3 Å². The van der Waals surface area contributed by atoms with Crippen LogP contribution in [0, 0.1) is 5.82 Å². The summed E-state index contributed by atoms with van der Waals surface area (Å²) in [6.07, 6.45) is 6.00. The van der Waals surface area contributed by atoms with Gasteiger partial charge in [0.05, 0.1) is 18.8 Å². The van der Waals surface area contributed by atoms with E-state index in [1.54, 1.807) is 45.8 Å². The summed E-state index contributed by atoms with van der Waals surface area (Å²) in [6.45, 7) is 4.19. The first kappa shape index (κ1) is 24.0. The van der Waals surface area contributed by atoms with Crippen molar-refractivity contribution in [2.75, 3.05) is 13.7 Å². The van der Waals surface area contributed by atoms with Crippen LogP contribution in [0.5, 0.6) is 17.2 Å². The average molecular weight is 502 g/mol. The number of aromatic nitrogens is 3. The van der Waals surface area contributed by atoms with Gasteiger partial charge < -0.3 is 20.1 Å². The lowest BCUT2D eigenvalue weighted by molar-refractivity contribution is -0.127. The predicted octanol–water partition coefficient (Wildman–Crippen LogP) is 4.28. The van der Waals surface area contributed by atoms with Gasteiger partial charge in [-0.3, -0.25) is 14.0 Å². The Bertz CT molecular complexity index is 1520. The standard InChI is InChI=1S/C27H24FN5O4/c1-3-21(34)32-14-5-6-18(32)27-31-23(25-24(26(29)35)30-13-15-33(25)27)16-9-11-17(12-10-16)37-20-8-4-7-19(36-2)22(20)28/h3-4,7-13,15,18H,1,5-6,14H2,2H3,(H2,29,35). The second-order valence-electron chi connectivity index (χ2n) is 8.47. The Morgan fingerprint density at radius 2 is 1.95 bits per heavy atom. The zero-order valence-corrected chi connectivity index (χ0v) is 20.1. The van der Waals surface area contributed by atoms with Gasteiger partial charge in [-0.25, -0.2) is 9.97 Å². The maximum Gasteiger partial charge on any atom is 0.269 e. The molecule has 0 aliphatic carbocycles. The van der Waals surface area contributed by atoms with E-state index in [0.29, 0.717) is 41.3 Å². The normalized spacial score (nSPS) is 15.1. The highest BCUT2D eigenvalue weighted by Crippen LogP contribution is 2.37. The highest BCUT2D eigenvalue weighted by atomic mass is 19.1. The fraction of sp³-hybridized carbons (Fsp3) is 0.185.